The molecule has 1 heterocycles. The minimum absolute atomic E-state index is 0.172. The van der Waals surface area contributed by atoms with Gasteiger partial charge in [-0.05, 0) is 26.1 Å². The average molecular weight is 277 g/mol. The number of nitrogens with one attached hydrogen (secondary N) is 1. The summed E-state index contributed by atoms with van der Waals surface area (Å²) in [6.07, 6.45) is 0. The smallest absolute Gasteiger partial charge is 0.236 e. The third-order valence-electron chi connectivity index (χ3n) is 3.47. The van der Waals surface area contributed by atoms with E-state index in [1.54, 1.807) is 7.05 Å². The number of para-hydroxylation sites is 2. The van der Waals surface area contributed by atoms with Crippen LogP contribution in [-0.2, 0) is 4.79 Å². The van der Waals surface area contributed by atoms with Gasteiger partial charge < -0.3 is 19.9 Å². The van der Waals surface area contributed by atoms with Gasteiger partial charge in [-0.3, -0.25) is 4.79 Å². The lowest BCUT2D eigenvalue weighted by Crippen LogP contribution is -2.50. The third-order valence-corrected chi connectivity index (χ3v) is 3.47. The number of benzene rings is 1. The van der Waals surface area contributed by atoms with Crippen LogP contribution in [-0.4, -0.2) is 57.2 Å². The maximum atomic E-state index is 11.8. The van der Waals surface area contributed by atoms with Gasteiger partial charge in [-0.1, -0.05) is 12.1 Å². The summed E-state index contributed by atoms with van der Waals surface area (Å²) in [6, 6.07) is 8.09. The Hall–Kier alpha value is -1.75. The van der Waals surface area contributed by atoms with E-state index in [9.17, 15) is 4.79 Å². The fourth-order valence-electron chi connectivity index (χ4n) is 2.46. The van der Waals surface area contributed by atoms with Crippen LogP contribution >= 0.6 is 0 Å². The summed E-state index contributed by atoms with van der Waals surface area (Å²) in [5.74, 6) is 1.09. The Bertz CT molecular complexity index is 442. The van der Waals surface area contributed by atoms with Crippen molar-refractivity contribution in [3.05, 3.63) is 24.3 Å². The van der Waals surface area contributed by atoms with Crippen molar-refractivity contribution in [1.29, 1.82) is 0 Å². The van der Waals surface area contributed by atoms with Crippen LogP contribution in [0.3, 0.4) is 0 Å². The van der Waals surface area contributed by atoms with Crippen molar-refractivity contribution in [3.8, 4) is 5.75 Å². The van der Waals surface area contributed by atoms with Crippen LogP contribution in [0.15, 0.2) is 24.3 Å². The van der Waals surface area contributed by atoms with Gasteiger partial charge in [-0.2, -0.15) is 0 Å². The van der Waals surface area contributed by atoms with Gasteiger partial charge in [0.05, 0.1) is 18.8 Å². The molecule has 0 bridgehead atoms. The molecule has 0 saturated carbocycles. The van der Waals surface area contributed by atoms with Crippen molar-refractivity contribution in [2.45, 2.75) is 6.92 Å². The first-order valence-electron chi connectivity index (χ1n) is 7.15. The number of anilines is 1. The summed E-state index contributed by atoms with van der Waals surface area (Å²) in [5.41, 5.74) is 1.12. The molecule has 0 unspecified atom stereocenters. The van der Waals surface area contributed by atoms with Crippen LogP contribution in [0.2, 0.25) is 0 Å². The van der Waals surface area contributed by atoms with E-state index >= 15 is 0 Å². The topological polar surface area (TPSA) is 44.8 Å². The monoisotopic (exact) mass is 277 g/mol. The lowest BCUT2D eigenvalue weighted by Gasteiger charge is -2.36. The molecule has 1 aromatic rings. The van der Waals surface area contributed by atoms with E-state index in [4.69, 9.17) is 4.74 Å². The van der Waals surface area contributed by atoms with Gasteiger partial charge in [0.15, 0.2) is 0 Å². The lowest BCUT2D eigenvalue weighted by atomic mass is 10.2. The molecule has 1 amide bonds. The van der Waals surface area contributed by atoms with Gasteiger partial charge in [0.1, 0.15) is 5.75 Å². The Balaban J connectivity index is 1.98. The number of likely N-dealkylation sites (N-methyl/N-ethyl adjacent to an activating group) is 1. The summed E-state index contributed by atoms with van der Waals surface area (Å²) in [4.78, 5) is 16.0. The number of nitrogens with zero attached hydrogens (tertiary/aromatic N) is 2. The number of hydrogen-bond acceptors (Lipinski definition) is 4. The molecule has 20 heavy (non-hydrogen) atoms. The molecule has 0 spiro atoms. The zero-order valence-electron chi connectivity index (χ0n) is 12.3. The molecule has 1 fully saturated rings. The van der Waals surface area contributed by atoms with Crippen LogP contribution in [0.1, 0.15) is 6.92 Å². The molecule has 110 valence electrons. The largest absolute Gasteiger partial charge is 0.492 e. The molecule has 1 aromatic carbocycles. The highest BCUT2D eigenvalue weighted by molar-refractivity contribution is 5.78. The molecular formula is C15H23N3O2. The summed E-state index contributed by atoms with van der Waals surface area (Å²) in [6.45, 7) is 6.29. The molecule has 0 radical (unpaired) electrons. The summed E-state index contributed by atoms with van der Waals surface area (Å²) in [7, 11) is 1.80. The van der Waals surface area contributed by atoms with Crippen molar-refractivity contribution >= 4 is 11.6 Å². The van der Waals surface area contributed by atoms with E-state index in [2.05, 4.69) is 16.3 Å². The highest BCUT2D eigenvalue weighted by Crippen LogP contribution is 2.28. The van der Waals surface area contributed by atoms with E-state index in [1.807, 2.05) is 30.0 Å². The number of carbonyl (C=O) groups is 1. The predicted octanol–water partition coefficient (Wildman–Crippen LogP) is 0.953. The number of carbonyl (C=O) groups excluding carboxylic acids is 1. The van der Waals surface area contributed by atoms with Crippen molar-refractivity contribution in [2.75, 3.05) is 51.3 Å². The number of ether oxygens (including phenoxy) is 1. The lowest BCUT2D eigenvalue weighted by molar-refractivity contribution is -0.130. The molecule has 1 N–H and O–H groups in total. The van der Waals surface area contributed by atoms with Gasteiger partial charge in [0, 0.05) is 26.2 Å². The first-order chi connectivity index (χ1) is 9.76. The summed E-state index contributed by atoms with van der Waals surface area (Å²) >= 11 is 0. The zero-order valence-corrected chi connectivity index (χ0v) is 12.3. The van der Waals surface area contributed by atoms with E-state index in [0.29, 0.717) is 13.2 Å². The SMILES string of the molecule is CCOc1ccccc1N1CCN(C(=O)CNC)CC1. The molecular weight excluding hydrogens is 254 g/mol. The molecule has 5 heteroatoms. The Labute approximate surface area is 120 Å². The second kappa shape index (κ2) is 7.14. The van der Waals surface area contributed by atoms with Crippen LogP contribution in [0.5, 0.6) is 5.75 Å². The minimum Gasteiger partial charge on any atom is -0.492 e. The van der Waals surface area contributed by atoms with Gasteiger partial charge in [-0.15, -0.1) is 0 Å². The molecule has 2 rings (SSSR count). The van der Waals surface area contributed by atoms with Crippen LogP contribution < -0.4 is 15.0 Å². The maximum absolute atomic E-state index is 11.8. The van der Waals surface area contributed by atoms with Crippen molar-refractivity contribution in [1.82, 2.24) is 10.2 Å². The third kappa shape index (κ3) is 3.42. The Morgan fingerprint density at radius 1 is 1.25 bits per heavy atom. The molecule has 0 atom stereocenters. The van der Waals surface area contributed by atoms with E-state index < -0.39 is 0 Å². The number of amides is 1. The average Bonchev–Trinajstić information content (AvgIpc) is 2.49. The minimum atomic E-state index is 0.172. The molecule has 0 aliphatic carbocycles. The van der Waals surface area contributed by atoms with E-state index in [1.165, 1.54) is 0 Å². The van der Waals surface area contributed by atoms with E-state index in [-0.39, 0.29) is 5.91 Å². The number of piperazine rings is 1. The first-order valence-corrected chi connectivity index (χ1v) is 7.15. The highest BCUT2D eigenvalue weighted by atomic mass is 16.5. The molecule has 5 nitrogen and oxygen atoms in total. The predicted molar refractivity (Wildman–Crippen MR) is 80.3 cm³/mol. The number of hydrogen-bond donors (Lipinski definition) is 1. The molecule has 1 saturated heterocycles. The van der Waals surface area contributed by atoms with Crippen molar-refractivity contribution < 1.29 is 9.53 Å². The quantitative estimate of drug-likeness (QED) is 0.870. The Morgan fingerprint density at radius 3 is 2.60 bits per heavy atom. The molecule has 1 aliphatic rings. The fraction of sp³-hybridized carbons (Fsp3) is 0.533. The molecule has 0 aromatic heterocycles. The molecule has 1 aliphatic heterocycles. The van der Waals surface area contributed by atoms with Gasteiger partial charge in [-0.25, -0.2) is 0 Å². The second-order valence-corrected chi connectivity index (χ2v) is 4.80. The van der Waals surface area contributed by atoms with Crippen molar-refractivity contribution in [2.24, 2.45) is 0 Å². The van der Waals surface area contributed by atoms with Crippen LogP contribution in [0, 0.1) is 0 Å². The standard InChI is InChI=1S/C15H23N3O2/c1-3-20-14-7-5-4-6-13(14)17-8-10-18(11-9-17)15(19)12-16-2/h4-7,16H,3,8-12H2,1-2H3. The van der Waals surface area contributed by atoms with Gasteiger partial charge in [0.2, 0.25) is 5.91 Å². The summed E-state index contributed by atoms with van der Waals surface area (Å²) < 4.78 is 5.67. The van der Waals surface area contributed by atoms with Crippen LogP contribution in [0.25, 0.3) is 0 Å². The fourth-order valence-corrected chi connectivity index (χ4v) is 2.46. The van der Waals surface area contributed by atoms with Gasteiger partial charge >= 0.3 is 0 Å². The summed E-state index contributed by atoms with van der Waals surface area (Å²) in [5, 5.41) is 2.91. The Kier molecular flexibility index (Phi) is 5.24. The highest BCUT2D eigenvalue weighted by Gasteiger charge is 2.22. The van der Waals surface area contributed by atoms with Crippen LogP contribution in [0.4, 0.5) is 5.69 Å². The maximum Gasteiger partial charge on any atom is 0.236 e. The Morgan fingerprint density at radius 2 is 1.95 bits per heavy atom. The normalized spacial score (nSPS) is 15.3. The first kappa shape index (κ1) is 14.7. The van der Waals surface area contributed by atoms with Gasteiger partial charge in [0.25, 0.3) is 0 Å². The second-order valence-electron chi connectivity index (χ2n) is 4.80. The number of rotatable bonds is 5. The van der Waals surface area contributed by atoms with E-state index in [0.717, 1.165) is 37.6 Å². The van der Waals surface area contributed by atoms with Crippen molar-refractivity contribution in [3.63, 3.8) is 0 Å². The zero-order chi connectivity index (χ0) is 14.4.